The number of carbonyl (C=O) groups excluding carboxylic acids is 1. The average molecular weight is 321 g/mol. The highest BCUT2D eigenvalue weighted by Crippen LogP contribution is 2.21. The molecule has 92 valence electrons. The van der Waals surface area contributed by atoms with Crippen molar-refractivity contribution in [3.05, 3.63) is 33.3 Å². The highest BCUT2D eigenvalue weighted by molar-refractivity contribution is 9.10. The minimum atomic E-state index is -0.951. The number of carbonyl (C=O) groups is 2. The molecule has 0 aliphatic carbocycles. The predicted molar refractivity (Wildman–Crippen MR) is 68.3 cm³/mol. The van der Waals surface area contributed by atoms with Crippen LogP contribution in [0.15, 0.2) is 22.7 Å². The molecule has 0 spiro atoms. The molecule has 1 aromatic carbocycles. The lowest BCUT2D eigenvalue weighted by atomic mass is 10.2. The summed E-state index contributed by atoms with van der Waals surface area (Å²) in [4.78, 5) is 22.3. The molecule has 0 bridgehead atoms. The number of rotatable bonds is 4. The lowest BCUT2D eigenvalue weighted by molar-refractivity contribution is -0.137. The molecule has 0 aliphatic heterocycles. The van der Waals surface area contributed by atoms with Crippen molar-refractivity contribution in [1.29, 1.82) is 0 Å². The van der Waals surface area contributed by atoms with Crippen LogP contribution in [0, 0.1) is 0 Å². The summed E-state index contributed by atoms with van der Waals surface area (Å²) in [6, 6.07) is 4.36. The Morgan fingerprint density at radius 1 is 1.53 bits per heavy atom. The molecule has 0 heterocycles. The van der Waals surface area contributed by atoms with Crippen LogP contribution >= 0.6 is 27.5 Å². The van der Waals surface area contributed by atoms with Gasteiger partial charge in [0.1, 0.15) is 0 Å². The van der Waals surface area contributed by atoms with Gasteiger partial charge in [0.05, 0.1) is 12.0 Å². The molecular formula is C11H11BrClNO3. The molecule has 0 aliphatic rings. The van der Waals surface area contributed by atoms with E-state index >= 15 is 0 Å². The van der Waals surface area contributed by atoms with E-state index in [0.717, 1.165) is 0 Å². The van der Waals surface area contributed by atoms with Gasteiger partial charge in [-0.1, -0.05) is 11.6 Å². The van der Waals surface area contributed by atoms with Crippen LogP contribution in [-0.4, -0.2) is 23.0 Å². The third-order valence-corrected chi connectivity index (χ3v) is 2.93. The molecule has 4 nitrogen and oxygen atoms in total. The fraction of sp³-hybridized carbons (Fsp3) is 0.273. The topological polar surface area (TPSA) is 66.4 Å². The molecular weight excluding hydrogens is 309 g/mol. The number of amides is 1. The highest BCUT2D eigenvalue weighted by Gasteiger charge is 2.14. The zero-order valence-electron chi connectivity index (χ0n) is 9.04. The Balaban J connectivity index is 2.73. The quantitative estimate of drug-likeness (QED) is 0.896. The van der Waals surface area contributed by atoms with E-state index in [9.17, 15) is 9.59 Å². The summed E-state index contributed by atoms with van der Waals surface area (Å²) < 4.78 is 0.574. The number of carboxylic acid groups (broad SMARTS) is 1. The summed E-state index contributed by atoms with van der Waals surface area (Å²) in [6.45, 7) is 1.63. The summed E-state index contributed by atoms with van der Waals surface area (Å²) in [5.41, 5.74) is 0.423. The van der Waals surface area contributed by atoms with E-state index in [0.29, 0.717) is 15.1 Å². The molecule has 1 unspecified atom stereocenters. The zero-order valence-corrected chi connectivity index (χ0v) is 11.4. The normalized spacial score (nSPS) is 11.9. The van der Waals surface area contributed by atoms with Gasteiger partial charge in [0.25, 0.3) is 5.91 Å². The van der Waals surface area contributed by atoms with Crippen molar-refractivity contribution in [2.75, 3.05) is 0 Å². The van der Waals surface area contributed by atoms with Gasteiger partial charge in [-0.2, -0.15) is 0 Å². The van der Waals surface area contributed by atoms with Crippen LogP contribution in [0.1, 0.15) is 23.7 Å². The Labute approximate surface area is 112 Å². The largest absolute Gasteiger partial charge is 0.481 e. The van der Waals surface area contributed by atoms with E-state index < -0.39 is 12.0 Å². The predicted octanol–water partition coefficient (Wildman–Crippen LogP) is 2.70. The lowest BCUT2D eigenvalue weighted by Crippen LogP contribution is -2.34. The molecule has 1 amide bonds. The van der Waals surface area contributed by atoms with Crippen LogP contribution in [0.3, 0.4) is 0 Å². The lowest BCUT2D eigenvalue weighted by Gasteiger charge is -2.12. The van der Waals surface area contributed by atoms with Crippen molar-refractivity contribution in [3.8, 4) is 0 Å². The average Bonchev–Trinajstić information content (AvgIpc) is 2.15. The third-order valence-electron chi connectivity index (χ3n) is 2.03. The molecule has 1 aromatic rings. The molecule has 0 radical (unpaired) electrons. The summed E-state index contributed by atoms with van der Waals surface area (Å²) in [6.07, 6.45) is -0.114. The van der Waals surface area contributed by atoms with Gasteiger partial charge < -0.3 is 10.4 Å². The summed E-state index contributed by atoms with van der Waals surface area (Å²) in [5, 5.41) is 11.7. The van der Waals surface area contributed by atoms with Crippen LogP contribution in [0.25, 0.3) is 0 Å². The van der Waals surface area contributed by atoms with Crippen molar-refractivity contribution in [2.24, 2.45) is 0 Å². The van der Waals surface area contributed by atoms with Gasteiger partial charge in [-0.3, -0.25) is 9.59 Å². The van der Waals surface area contributed by atoms with Crippen LogP contribution in [0.5, 0.6) is 0 Å². The van der Waals surface area contributed by atoms with Gasteiger partial charge in [-0.25, -0.2) is 0 Å². The van der Waals surface area contributed by atoms with Gasteiger partial charge in [0.15, 0.2) is 0 Å². The fourth-order valence-corrected chi connectivity index (χ4v) is 2.15. The van der Waals surface area contributed by atoms with E-state index in [2.05, 4.69) is 21.2 Å². The van der Waals surface area contributed by atoms with Crippen LogP contribution in [0.4, 0.5) is 0 Å². The molecule has 1 rings (SSSR count). The number of hydrogen-bond donors (Lipinski definition) is 2. The van der Waals surface area contributed by atoms with Crippen molar-refractivity contribution in [2.45, 2.75) is 19.4 Å². The first-order chi connectivity index (χ1) is 7.90. The first-order valence-electron chi connectivity index (χ1n) is 4.88. The standard InChI is InChI=1S/C11H11BrClNO3/c1-6(4-10(15)16)14-11(17)8-3-2-7(13)5-9(8)12/h2-3,5-6H,4H2,1H3,(H,14,17)(H,15,16). The van der Waals surface area contributed by atoms with Gasteiger partial charge >= 0.3 is 5.97 Å². The molecule has 17 heavy (non-hydrogen) atoms. The molecule has 0 saturated heterocycles. The number of halogens is 2. The Morgan fingerprint density at radius 3 is 2.71 bits per heavy atom. The van der Waals surface area contributed by atoms with Crippen LogP contribution in [-0.2, 0) is 4.79 Å². The van der Waals surface area contributed by atoms with Gasteiger partial charge in [0.2, 0.25) is 0 Å². The number of hydrogen-bond acceptors (Lipinski definition) is 2. The number of nitrogens with one attached hydrogen (secondary N) is 1. The van der Waals surface area contributed by atoms with Crippen molar-refractivity contribution in [3.63, 3.8) is 0 Å². The third kappa shape index (κ3) is 4.36. The molecule has 1 atom stereocenters. The highest BCUT2D eigenvalue weighted by atomic mass is 79.9. The molecule has 6 heteroatoms. The summed E-state index contributed by atoms with van der Waals surface area (Å²) in [5.74, 6) is -1.28. The molecule has 0 aromatic heterocycles. The SMILES string of the molecule is CC(CC(=O)O)NC(=O)c1ccc(Cl)cc1Br. The summed E-state index contributed by atoms with van der Waals surface area (Å²) >= 11 is 8.98. The Morgan fingerprint density at radius 2 is 2.18 bits per heavy atom. The Kier molecular flexibility index (Phi) is 4.96. The van der Waals surface area contributed by atoms with E-state index in [1.165, 1.54) is 0 Å². The Hall–Kier alpha value is -1.07. The minimum Gasteiger partial charge on any atom is -0.481 e. The zero-order chi connectivity index (χ0) is 13.0. The second kappa shape index (κ2) is 6.02. The van der Waals surface area contributed by atoms with Gasteiger partial charge in [0, 0.05) is 15.5 Å². The summed E-state index contributed by atoms with van der Waals surface area (Å²) in [7, 11) is 0. The van der Waals surface area contributed by atoms with Gasteiger partial charge in [-0.05, 0) is 41.1 Å². The van der Waals surface area contributed by atoms with Crippen molar-refractivity contribution in [1.82, 2.24) is 5.32 Å². The molecule has 0 fully saturated rings. The maximum atomic E-state index is 11.8. The number of benzene rings is 1. The molecule has 0 saturated carbocycles. The smallest absolute Gasteiger partial charge is 0.305 e. The Bertz CT molecular complexity index is 450. The second-order valence-electron chi connectivity index (χ2n) is 3.60. The first-order valence-corrected chi connectivity index (χ1v) is 6.05. The van der Waals surface area contributed by atoms with E-state index in [1.54, 1.807) is 25.1 Å². The number of carboxylic acids is 1. The fourth-order valence-electron chi connectivity index (χ4n) is 1.29. The maximum absolute atomic E-state index is 11.8. The first kappa shape index (κ1) is 14.0. The van der Waals surface area contributed by atoms with E-state index in [4.69, 9.17) is 16.7 Å². The maximum Gasteiger partial charge on any atom is 0.305 e. The number of aliphatic carboxylic acids is 1. The van der Waals surface area contributed by atoms with Gasteiger partial charge in [-0.15, -0.1) is 0 Å². The monoisotopic (exact) mass is 319 g/mol. The van der Waals surface area contributed by atoms with Crippen molar-refractivity contribution >= 4 is 39.4 Å². The van der Waals surface area contributed by atoms with Crippen molar-refractivity contribution < 1.29 is 14.7 Å². The van der Waals surface area contributed by atoms with E-state index in [-0.39, 0.29) is 12.3 Å². The van der Waals surface area contributed by atoms with E-state index in [1.807, 2.05) is 0 Å². The molecule has 2 N–H and O–H groups in total. The minimum absolute atomic E-state index is 0.114. The van der Waals surface area contributed by atoms with Crippen LogP contribution < -0.4 is 5.32 Å². The van der Waals surface area contributed by atoms with Crippen LogP contribution in [0.2, 0.25) is 5.02 Å². The second-order valence-corrected chi connectivity index (χ2v) is 4.89.